The zero-order valence-electron chi connectivity index (χ0n) is 9.92. The van der Waals surface area contributed by atoms with Gasteiger partial charge < -0.3 is 16.2 Å². The maximum absolute atomic E-state index is 11.9. The Morgan fingerprint density at radius 3 is 3.00 bits per heavy atom. The van der Waals surface area contributed by atoms with Crippen LogP contribution < -0.4 is 11.1 Å². The van der Waals surface area contributed by atoms with Crippen molar-refractivity contribution in [1.29, 1.82) is 0 Å². The summed E-state index contributed by atoms with van der Waals surface area (Å²) in [6, 6.07) is 4.27. The van der Waals surface area contributed by atoms with E-state index in [1.807, 2.05) is 6.20 Å². The summed E-state index contributed by atoms with van der Waals surface area (Å²) < 4.78 is 1.66. The molecule has 1 heterocycles. The predicted octanol–water partition coefficient (Wildman–Crippen LogP) is 0.638. The SMILES string of the molecule is Cn1cc(CNC(=O)c2cc(O)ccc2N)cn1. The molecule has 1 amide bonds. The van der Waals surface area contributed by atoms with E-state index < -0.39 is 0 Å². The van der Waals surface area contributed by atoms with Gasteiger partial charge in [-0.25, -0.2) is 0 Å². The van der Waals surface area contributed by atoms with Crippen molar-refractivity contribution in [1.82, 2.24) is 15.1 Å². The van der Waals surface area contributed by atoms with Crippen LogP contribution in [0.15, 0.2) is 30.6 Å². The summed E-state index contributed by atoms with van der Waals surface area (Å²) >= 11 is 0. The number of rotatable bonds is 3. The van der Waals surface area contributed by atoms with Crippen LogP contribution in [0.5, 0.6) is 5.75 Å². The second-order valence-corrected chi connectivity index (χ2v) is 3.98. The maximum atomic E-state index is 11.9. The second-order valence-electron chi connectivity index (χ2n) is 3.98. The first-order valence-corrected chi connectivity index (χ1v) is 5.40. The van der Waals surface area contributed by atoms with Crippen molar-refractivity contribution in [2.24, 2.45) is 7.05 Å². The first kappa shape index (κ1) is 12.0. The molecule has 0 aliphatic heterocycles. The van der Waals surface area contributed by atoms with Gasteiger partial charge in [0.2, 0.25) is 0 Å². The topological polar surface area (TPSA) is 93.2 Å². The number of hydrogen-bond acceptors (Lipinski definition) is 4. The number of phenols is 1. The third kappa shape index (κ3) is 2.60. The van der Waals surface area contributed by atoms with Crippen molar-refractivity contribution in [2.45, 2.75) is 6.54 Å². The van der Waals surface area contributed by atoms with Crippen molar-refractivity contribution < 1.29 is 9.90 Å². The third-order valence-electron chi connectivity index (χ3n) is 2.49. The smallest absolute Gasteiger partial charge is 0.253 e. The van der Waals surface area contributed by atoms with Gasteiger partial charge >= 0.3 is 0 Å². The summed E-state index contributed by atoms with van der Waals surface area (Å²) in [6.07, 6.45) is 3.48. The monoisotopic (exact) mass is 246 g/mol. The van der Waals surface area contributed by atoms with E-state index in [0.29, 0.717) is 12.2 Å². The van der Waals surface area contributed by atoms with Crippen molar-refractivity contribution in [3.8, 4) is 5.75 Å². The number of carbonyl (C=O) groups excluding carboxylic acids is 1. The van der Waals surface area contributed by atoms with E-state index in [1.54, 1.807) is 17.9 Å². The number of nitrogen functional groups attached to an aromatic ring is 1. The Balaban J connectivity index is 2.05. The number of hydrogen-bond donors (Lipinski definition) is 3. The highest BCUT2D eigenvalue weighted by Gasteiger charge is 2.10. The Morgan fingerprint density at radius 1 is 1.56 bits per heavy atom. The van der Waals surface area contributed by atoms with Crippen LogP contribution >= 0.6 is 0 Å². The number of nitrogens with two attached hydrogens (primary N) is 1. The number of phenolic OH excluding ortho intramolecular Hbond substituents is 1. The summed E-state index contributed by atoms with van der Waals surface area (Å²) in [4.78, 5) is 11.9. The molecule has 2 aromatic rings. The van der Waals surface area contributed by atoms with Gasteiger partial charge in [-0.3, -0.25) is 9.48 Å². The fourth-order valence-corrected chi connectivity index (χ4v) is 1.58. The number of nitrogens with one attached hydrogen (secondary N) is 1. The predicted molar refractivity (Wildman–Crippen MR) is 66.9 cm³/mol. The molecule has 0 aliphatic carbocycles. The highest BCUT2D eigenvalue weighted by molar-refractivity contribution is 5.99. The molecule has 0 saturated heterocycles. The summed E-state index contributed by atoms with van der Waals surface area (Å²) in [5, 5.41) is 16.0. The highest BCUT2D eigenvalue weighted by atomic mass is 16.3. The molecule has 0 bridgehead atoms. The molecule has 1 aromatic carbocycles. The van der Waals surface area contributed by atoms with E-state index in [2.05, 4.69) is 10.4 Å². The number of nitrogens with zero attached hydrogens (tertiary/aromatic N) is 2. The number of aromatic nitrogens is 2. The third-order valence-corrected chi connectivity index (χ3v) is 2.49. The van der Waals surface area contributed by atoms with Crippen molar-refractivity contribution in [3.05, 3.63) is 41.7 Å². The van der Waals surface area contributed by atoms with Crippen LogP contribution in [0.3, 0.4) is 0 Å². The fourth-order valence-electron chi connectivity index (χ4n) is 1.58. The number of amides is 1. The molecule has 0 spiro atoms. The van der Waals surface area contributed by atoms with Crippen LogP contribution in [0.1, 0.15) is 15.9 Å². The quantitative estimate of drug-likeness (QED) is 0.547. The average molecular weight is 246 g/mol. The molecule has 94 valence electrons. The minimum absolute atomic E-state index is 0.00993. The van der Waals surface area contributed by atoms with E-state index in [1.165, 1.54) is 18.2 Å². The van der Waals surface area contributed by atoms with E-state index in [4.69, 9.17) is 5.73 Å². The van der Waals surface area contributed by atoms with Crippen molar-refractivity contribution in [3.63, 3.8) is 0 Å². The van der Waals surface area contributed by atoms with Crippen LogP contribution in [0.4, 0.5) is 5.69 Å². The number of benzene rings is 1. The average Bonchev–Trinajstić information content (AvgIpc) is 2.75. The van der Waals surface area contributed by atoms with Gasteiger partial charge in [0.25, 0.3) is 5.91 Å². The molecule has 18 heavy (non-hydrogen) atoms. The molecule has 6 heteroatoms. The largest absolute Gasteiger partial charge is 0.508 e. The summed E-state index contributed by atoms with van der Waals surface area (Å²) in [6.45, 7) is 0.363. The van der Waals surface area contributed by atoms with Crippen LogP contribution in [0, 0.1) is 0 Å². The van der Waals surface area contributed by atoms with Gasteiger partial charge in [0.1, 0.15) is 5.75 Å². The van der Waals surface area contributed by atoms with Crippen LogP contribution in [0.25, 0.3) is 0 Å². The number of anilines is 1. The van der Waals surface area contributed by atoms with Crippen LogP contribution in [0.2, 0.25) is 0 Å². The molecule has 0 unspecified atom stereocenters. The summed E-state index contributed by atoms with van der Waals surface area (Å²) in [5.41, 5.74) is 7.16. The lowest BCUT2D eigenvalue weighted by molar-refractivity contribution is 0.0951. The molecular formula is C12H14N4O2. The van der Waals surface area contributed by atoms with Gasteiger partial charge in [-0.2, -0.15) is 5.10 Å². The molecule has 6 nitrogen and oxygen atoms in total. The lowest BCUT2D eigenvalue weighted by Gasteiger charge is -2.06. The first-order valence-electron chi connectivity index (χ1n) is 5.40. The Morgan fingerprint density at radius 2 is 2.33 bits per heavy atom. The zero-order valence-corrected chi connectivity index (χ0v) is 9.92. The molecule has 1 aromatic heterocycles. The van der Waals surface area contributed by atoms with Gasteiger partial charge in [-0.1, -0.05) is 0 Å². The van der Waals surface area contributed by atoms with Gasteiger partial charge in [-0.05, 0) is 18.2 Å². The van der Waals surface area contributed by atoms with E-state index in [9.17, 15) is 9.90 Å². The molecule has 0 atom stereocenters. The normalized spacial score (nSPS) is 10.3. The molecule has 0 radical (unpaired) electrons. The molecule has 4 N–H and O–H groups in total. The fraction of sp³-hybridized carbons (Fsp3) is 0.167. The van der Waals surface area contributed by atoms with E-state index in [-0.39, 0.29) is 17.2 Å². The number of carbonyl (C=O) groups is 1. The molecule has 0 saturated carbocycles. The van der Waals surface area contributed by atoms with Gasteiger partial charge in [0, 0.05) is 31.0 Å². The molecule has 0 fully saturated rings. The first-order chi connectivity index (χ1) is 8.56. The Bertz CT molecular complexity index is 577. The van der Waals surface area contributed by atoms with E-state index >= 15 is 0 Å². The number of aromatic hydroxyl groups is 1. The van der Waals surface area contributed by atoms with Gasteiger partial charge in [0.15, 0.2) is 0 Å². The minimum atomic E-state index is -0.327. The van der Waals surface area contributed by atoms with Crippen LogP contribution in [-0.2, 0) is 13.6 Å². The lowest BCUT2D eigenvalue weighted by atomic mass is 10.1. The molecule has 0 aliphatic rings. The summed E-state index contributed by atoms with van der Waals surface area (Å²) in [7, 11) is 1.80. The van der Waals surface area contributed by atoms with Gasteiger partial charge in [-0.15, -0.1) is 0 Å². The molecule has 2 rings (SSSR count). The maximum Gasteiger partial charge on any atom is 0.253 e. The Kier molecular flexibility index (Phi) is 3.18. The zero-order chi connectivity index (χ0) is 13.1. The lowest BCUT2D eigenvalue weighted by Crippen LogP contribution is -2.23. The van der Waals surface area contributed by atoms with Gasteiger partial charge in [0.05, 0.1) is 11.8 Å². The summed E-state index contributed by atoms with van der Waals surface area (Å²) in [5.74, 6) is -0.317. The van der Waals surface area contributed by atoms with E-state index in [0.717, 1.165) is 5.56 Å². The second kappa shape index (κ2) is 4.79. The number of aryl methyl sites for hydroxylation is 1. The Labute approximate surface area is 104 Å². The van der Waals surface area contributed by atoms with Crippen molar-refractivity contribution in [2.75, 3.05) is 5.73 Å². The Hall–Kier alpha value is -2.50. The van der Waals surface area contributed by atoms with Crippen molar-refractivity contribution >= 4 is 11.6 Å². The standard InChI is InChI=1S/C12H14N4O2/c1-16-7-8(6-15-16)5-14-12(18)10-4-9(17)2-3-11(10)13/h2-4,6-7,17H,5,13H2,1H3,(H,14,18). The minimum Gasteiger partial charge on any atom is -0.508 e. The van der Waals surface area contributed by atoms with Crippen LogP contribution in [-0.4, -0.2) is 20.8 Å². The highest BCUT2D eigenvalue weighted by Crippen LogP contribution is 2.18. The molecular weight excluding hydrogens is 232 g/mol.